The van der Waals surface area contributed by atoms with Crippen LogP contribution in [-0.4, -0.2) is 25.5 Å². The van der Waals surface area contributed by atoms with Crippen molar-refractivity contribution < 1.29 is 5.11 Å². The number of hydrogen-bond donors (Lipinski definition) is 1. The van der Waals surface area contributed by atoms with Gasteiger partial charge in [-0.15, -0.1) is 0 Å². The summed E-state index contributed by atoms with van der Waals surface area (Å²) in [6.45, 7) is 4.39. The molecule has 114 valence electrons. The zero-order valence-corrected chi connectivity index (χ0v) is 13.3. The fourth-order valence-electron chi connectivity index (χ4n) is 2.70. The first-order chi connectivity index (χ1) is 10.4. The average Bonchev–Trinajstić information content (AvgIpc) is 3.04. The van der Waals surface area contributed by atoms with Gasteiger partial charge in [-0.05, 0) is 29.3 Å². The summed E-state index contributed by atoms with van der Waals surface area (Å²) in [6, 6.07) is 7.55. The monoisotopic (exact) mass is 315 g/mol. The van der Waals surface area contributed by atoms with Gasteiger partial charge in [0.1, 0.15) is 18.3 Å². The SMILES string of the molecule is CC1(C)C=CC(=Cc2ccc(Cl)cc2)C1(O)Cn1cncn1. The van der Waals surface area contributed by atoms with E-state index in [9.17, 15) is 5.11 Å². The van der Waals surface area contributed by atoms with Crippen molar-refractivity contribution in [1.82, 2.24) is 14.8 Å². The first-order valence-corrected chi connectivity index (χ1v) is 7.50. The van der Waals surface area contributed by atoms with E-state index in [-0.39, 0.29) is 0 Å². The Morgan fingerprint density at radius 2 is 2.00 bits per heavy atom. The summed E-state index contributed by atoms with van der Waals surface area (Å²) in [5, 5.41) is 16.1. The van der Waals surface area contributed by atoms with E-state index in [2.05, 4.69) is 10.1 Å². The second kappa shape index (κ2) is 5.38. The highest BCUT2D eigenvalue weighted by molar-refractivity contribution is 6.30. The molecule has 0 bridgehead atoms. The molecule has 0 spiro atoms. The standard InChI is InChI=1S/C17H18ClN3O/c1-16(2)8-7-14(9-13-3-5-15(18)6-4-13)17(16,22)10-21-12-19-11-20-21/h3-9,11-12,22H,10H2,1-2H3. The second-order valence-corrected chi connectivity index (χ2v) is 6.60. The minimum atomic E-state index is -1.04. The van der Waals surface area contributed by atoms with Crippen LogP contribution in [0.5, 0.6) is 0 Å². The molecule has 4 nitrogen and oxygen atoms in total. The van der Waals surface area contributed by atoms with Crippen LogP contribution in [0, 0.1) is 5.41 Å². The van der Waals surface area contributed by atoms with E-state index in [4.69, 9.17) is 11.6 Å². The van der Waals surface area contributed by atoms with Crippen LogP contribution in [0.3, 0.4) is 0 Å². The van der Waals surface area contributed by atoms with Gasteiger partial charge < -0.3 is 5.11 Å². The van der Waals surface area contributed by atoms with Crippen molar-refractivity contribution in [2.45, 2.75) is 26.0 Å². The number of aliphatic hydroxyl groups is 1. The Morgan fingerprint density at radius 3 is 2.64 bits per heavy atom. The Kier molecular flexibility index (Phi) is 3.67. The quantitative estimate of drug-likeness (QED) is 0.945. The number of hydrogen-bond acceptors (Lipinski definition) is 3. The van der Waals surface area contributed by atoms with Gasteiger partial charge in [0.2, 0.25) is 0 Å². The maximum atomic E-state index is 11.3. The predicted molar refractivity (Wildman–Crippen MR) is 87.3 cm³/mol. The van der Waals surface area contributed by atoms with Gasteiger partial charge in [0.05, 0.1) is 6.54 Å². The lowest BCUT2D eigenvalue weighted by molar-refractivity contribution is -0.0142. The van der Waals surface area contributed by atoms with Crippen molar-refractivity contribution in [3.8, 4) is 0 Å². The number of rotatable bonds is 3. The Balaban J connectivity index is 1.98. The van der Waals surface area contributed by atoms with E-state index in [1.54, 1.807) is 11.0 Å². The number of benzene rings is 1. The normalized spacial score (nSPS) is 25.0. The highest BCUT2D eigenvalue weighted by Gasteiger charge is 2.48. The summed E-state index contributed by atoms with van der Waals surface area (Å²) in [6.07, 6.45) is 9.09. The highest BCUT2D eigenvalue weighted by Crippen LogP contribution is 2.45. The van der Waals surface area contributed by atoms with Crippen LogP contribution in [0.25, 0.3) is 6.08 Å². The minimum Gasteiger partial charge on any atom is -0.382 e. The average molecular weight is 316 g/mol. The highest BCUT2D eigenvalue weighted by atomic mass is 35.5. The molecular formula is C17H18ClN3O. The summed E-state index contributed by atoms with van der Waals surface area (Å²) < 4.78 is 1.66. The zero-order valence-electron chi connectivity index (χ0n) is 12.6. The van der Waals surface area contributed by atoms with E-state index < -0.39 is 11.0 Å². The van der Waals surface area contributed by atoms with Crippen molar-refractivity contribution >= 4 is 17.7 Å². The molecule has 0 amide bonds. The lowest BCUT2D eigenvalue weighted by atomic mass is 9.75. The molecule has 2 aromatic rings. The minimum absolute atomic E-state index is 0.354. The van der Waals surface area contributed by atoms with Crippen LogP contribution < -0.4 is 0 Å². The zero-order chi connectivity index (χ0) is 15.8. The number of nitrogens with zero attached hydrogens (tertiary/aromatic N) is 3. The number of halogens is 1. The molecule has 0 saturated heterocycles. The second-order valence-electron chi connectivity index (χ2n) is 6.16. The van der Waals surface area contributed by atoms with Gasteiger partial charge in [-0.25, -0.2) is 9.67 Å². The molecule has 1 heterocycles. The maximum absolute atomic E-state index is 11.3. The van der Waals surface area contributed by atoms with Gasteiger partial charge in [0.15, 0.2) is 0 Å². The summed E-state index contributed by atoms with van der Waals surface area (Å²) in [5.41, 5.74) is 0.423. The lowest BCUT2D eigenvalue weighted by Gasteiger charge is -2.37. The van der Waals surface area contributed by atoms with Crippen molar-refractivity contribution in [3.05, 3.63) is 65.2 Å². The van der Waals surface area contributed by atoms with E-state index in [1.807, 2.05) is 56.3 Å². The van der Waals surface area contributed by atoms with Gasteiger partial charge in [-0.2, -0.15) is 5.10 Å². The van der Waals surface area contributed by atoms with Gasteiger partial charge in [0, 0.05) is 10.4 Å². The fourth-order valence-corrected chi connectivity index (χ4v) is 2.82. The molecule has 0 fully saturated rings. The molecule has 0 aliphatic heterocycles. The Hall–Kier alpha value is -1.91. The summed E-state index contributed by atoms with van der Waals surface area (Å²) in [7, 11) is 0. The first-order valence-electron chi connectivity index (χ1n) is 7.12. The molecule has 1 atom stereocenters. The predicted octanol–water partition coefficient (Wildman–Crippen LogP) is 3.34. The topological polar surface area (TPSA) is 50.9 Å². The first kappa shape index (κ1) is 15.0. The molecule has 0 saturated carbocycles. The molecule has 1 aromatic carbocycles. The van der Waals surface area contributed by atoms with Crippen LogP contribution in [0.15, 0.2) is 54.6 Å². The molecule has 1 aliphatic carbocycles. The molecule has 5 heteroatoms. The van der Waals surface area contributed by atoms with Gasteiger partial charge in [0.25, 0.3) is 0 Å². The van der Waals surface area contributed by atoms with Gasteiger partial charge in [-0.3, -0.25) is 0 Å². The third kappa shape index (κ3) is 2.60. The largest absolute Gasteiger partial charge is 0.382 e. The Labute approximate surface area is 134 Å². The van der Waals surface area contributed by atoms with Crippen molar-refractivity contribution in [3.63, 3.8) is 0 Å². The van der Waals surface area contributed by atoms with Crippen LogP contribution in [0.4, 0.5) is 0 Å². The Bertz CT molecular complexity index is 717. The summed E-state index contributed by atoms with van der Waals surface area (Å²) in [4.78, 5) is 3.95. The number of aromatic nitrogens is 3. The Morgan fingerprint density at radius 1 is 1.27 bits per heavy atom. The van der Waals surface area contributed by atoms with Crippen LogP contribution >= 0.6 is 11.6 Å². The van der Waals surface area contributed by atoms with E-state index in [0.29, 0.717) is 11.6 Å². The third-order valence-corrected chi connectivity index (χ3v) is 4.52. The van der Waals surface area contributed by atoms with E-state index in [1.165, 1.54) is 6.33 Å². The van der Waals surface area contributed by atoms with Crippen LogP contribution in [0.2, 0.25) is 5.02 Å². The van der Waals surface area contributed by atoms with Crippen molar-refractivity contribution in [2.24, 2.45) is 5.41 Å². The summed E-state index contributed by atoms with van der Waals surface area (Å²) in [5.74, 6) is 0. The van der Waals surface area contributed by atoms with E-state index >= 15 is 0 Å². The molecule has 1 aromatic heterocycles. The van der Waals surface area contributed by atoms with E-state index in [0.717, 1.165) is 11.1 Å². The van der Waals surface area contributed by atoms with Gasteiger partial charge in [-0.1, -0.05) is 49.7 Å². The molecule has 1 aliphatic rings. The van der Waals surface area contributed by atoms with Crippen LogP contribution in [0.1, 0.15) is 19.4 Å². The maximum Gasteiger partial charge on any atom is 0.137 e. The molecule has 1 N–H and O–H groups in total. The summed E-state index contributed by atoms with van der Waals surface area (Å²) >= 11 is 5.92. The molecule has 0 radical (unpaired) electrons. The fraction of sp³-hybridized carbons (Fsp3) is 0.294. The molecular weight excluding hydrogens is 298 g/mol. The molecule has 3 rings (SSSR count). The molecule has 22 heavy (non-hydrogen) atoms. The van der Waals surface area contributed by atoms with Crippen LogP contribution in [-0.2, 0) is 6.54 Å². The van der Waals surface area contributed by atoms with Gasteiger partial charge >= 0.3 is 0 Å². The lowest BCUT2D eigenvalue weighted by Crippen LogP contribution is -2.45. The third-order valence-electron chi connectivity index (χ3n) is 4.27. The van der Waals surface area contributed by atoms with Crippen molar-refractivity contribution in [2.75, 3.05) is 0 Å². The smallest absolute Gasteiger partial charge is 0.137 e. The van der Waals surface area contributed by atoms with Crippen molar-refractivity contribution in [1.29, 1.82) is 0 Å². The molecule has 1 unspecified atom stereocenters.